The summed E-state index contributed by atoms with van der Waals surface area (Å²) >= 11 is 0. The molecule has 1 aromatic rings. The number of piperidine rings is 1. The first kappa shape index (κ1) is 18.4. The lowest BCUT2D eigenvalue weighted by molar-refractivity contribution is -0.121. The van der Waals surface area contributed by atoms with Gasteiger partial charge in [0.25, 0.3) is 11.8 Å². The molecule has 1 unspecified atom stereocenters. The first-order valence-electron chi connectivity index (χ1n) is 8.09. The Hall–Kier alpha value is -1.92. The Bertz CT molecular complexity index is 594. The molecular formula is C17H22ClN3O3. The Kier molecular flexibility index (Phi) is 6.34. The van der Waals surface area contributed by atoms with Crippen molar-refractivity contribution < 1.29 is 14.4 Å². The van der Waals surface area contributed by atoms with Crippen LogP contribution in [-0.4, -0.2) is 48.8 Å². The van der Waals surface area contributed by atoms with Gasteiger partial charge in [-0.15, -0.1) is 12.4 Å². The molecule has 2 aliphatic rings. The SMILES string of the molecule is Cl.O=C(CN1C(=O)c2ccccc2C1=O)NCCC1CCCNC1. The fourth-order valence-corrected chi connectivity index (χ4v) is 3.17. The van der Waals surface area contributed by atoms with Crippen LogP contribution in [0.5, 0.6) is 0 Å². The van der Waals surface area contributed by atoms with Gasteiger partial charge in [-0.3, -0.25) is 19.3 Å². The minimum atomic E-state index is -0.391. The van der Waals surface area contributed by atoms with Gasteiger partial charge >= 0.3 is 0 Å². The molecule has 1 saturated heterocycles. The summed E-state index contributed by atoms with van der Waals surface area (Å²) < 4.78 is 0. The molecule has 130 valence electrons. The van der Waals surface area contributed by atoms with Crippen LogP contribution in [0.4, 0.5) is 0 Å². The zero-order valence-corrected chi connectivity index (χ0v) is 14.2. The van der Waals surface area contributed by atoms with Crippen molar-refractivity contribution in [1.29, 1.82) is 0 Å². The van der Waals surface area contributed by atoms with E-state index >= 15 is 0 Å². The Labute approximate surface area is 147 Å². The third kappa shape index (κ3) is 3.94. The summed E-state index contributed by atoms with van der Waals surface area (Å²) in [5, 5.41) is 6.16. The second-order valence-corrected chi connectivity index (χ2v) is 6.09. The Balaban J connectivity index is 0.00000208. The van der Waals surface area contributed by atoms with Gasteiger partial charge in [0.2, 0.25) is 5.91 Å². The lowest BCUT2D eigenvalue weighted by atomic mass is 9.96. The molecule has 0 aromatic heterocycles. The van der Waals surface area contributed by atoms with Gasteiger partial charge in [0.05, 0.1) is 11.1 Å². The van der Waals surface area contributed by atoms with Crippen LogP contribution in [0.2, 0.25) is 0 Å². The van der Waals surface area contributed by atoms with Crippen LogP contribution in [0.15, 0.2) is 24.3 Å². The van der Waals surface area contributed by atoms with E-state index in [0.717, 1.165) is 24.4 Å². The van der Waals surface area contributed by atoms with Crippen LogP contribution < -0.4 is 10.6 Å². The number of carbonyl (C=O) groups is 3. The van der Waals surface area contributed by atoms with E-state index in [1.165, 1.54) is 12.8 Å². The number of carbonyl (C=O) groups excluding carboxylic acids is 3. The number of nitrogens with zero attached hydrogens (tertiary/aromatic N) is 1. The first-order valence-corrected chi connectivity index (χ1v) is 8.09. The highest BCUT2D eigenvalue weighted by Crippen LogP contribution is 2.21. The van der Waals surface area contributed by atoms with Crippen LogP contribution in [0.1, 0.15) is 40.0 Å². The molecule has 6 nitrogen and oxygen atoms in total. The van der Waals surface area contributed by atoms with Gasteiger partial charge in [0.1, 0.15) is 6.54 Å². The lowest BCUT2D eigenvalue weighted by Crippen LogP contribution is -2.41. The maximum atomic E-state index is 12.2. The van der Waals surface area contributed by atoms with Crippen LogP contribution in [-0.2, 0) is 4.79 Å². The monoisotopic (exact) mass is 351 g/mol. The maximum absolute atomic E-state index is 12.2. The fourth-order valence-electron chi connectivity index (χ4n) is 3.17. The van der Waals surface area contributed by atoms with Crippen LogP contribution in [0, 0.1) is 5.92 Å². The number of imide groups is 1. The number of hydrogen-bond acceptors (Lipinski definition) is 4. The van der Waals surface area contributed by atoms with E-state index in [1.54, 1.807) is 24.3 Å². The quantitative estimate of drug-likeness (QED) is 0.782. The number of nitrogens with one attached hydrogen (secondary N) is 2. The zero-order chi connectivity index (χ0) is 16.2. The lowest BCUT2D eigenvalue weighted by Gasteiger charge is -2.22. The predicted octanol–water partition coefficient (Wildman–Crippen LogP) is 1.21. The van der Waals surface area contributed by atoms with Crippen LogP contribution in [0.3, 0.4) is 0 Å². The van der Waals surface area contributed by atoms with Crippen molar-refractivity contribution in [3.63, 3.8) is 0 Å². The van der Waals surface area contributed by atoms with E-state index in [-0.39, 0.29) is 24.9 Å². The fraction of sp³-hybridized carbons (Fsp3) is 0.471. The molecule has 7 heteroatoms. The highest BCUT2D eigenvalue weighted by Gasteiger charge is 2.36. The summed E-state index contributed by atoms with van der Waals surface area (Å²) in [6.45, 7) is 2.43. The predicted molar refractivity (Wildman–Crippen MR) is 92.3 cm³/mol. The van der Waals surface area contributed by atoms with Crippen molar-refractivity contribution in [2.45, 2.75) is 19.3 Å². The minimum Gasteiger partial charge on any atom is -0.355 e. The van der Waals surface area contributed by atoms with Crippen molar-refractivity contribution in [1.82, 2.24) is 15.5 Å². The minimum absolute atomic E-state index is 0. The van der Waals surface area contributed by atoms with E-state index in [2.05, 4.69) is 10.6 Å². The van der Waals surface area contributed by atoms with Gasteiger partial charge in [-0.2, -0.15) is 0 Å². The number of halogens is 1. The molecule has 1 fully saturated rings. The van der Waals surface area contributed by atoms with Crippen LogP contribution >= 0.6 is 12.4 Å². The molecule has 2 aliphatic heterocycles. The highest BCUT2D eigenvalue weighted by atomic mass is 35.5. The number of rotatable bonds is 5. The Morgan fingerprint density at radius 2 is 1.88 bits per heavy atom. The molecule has 24 heavy (non-hydrogen) atoms. The van der Waals surface area contributed by atoms with Crippen molar-refractivity contribution >= 4 is 30.1 Å². The molecule has 3 amide bonds. The summed E-state index contributed by atoms with van der Waals surface area (Å²) in [5.74, 6) is -0.485. The van der Waals surface area contributed by atoms with Crippen molar-refractivity contribution in [3.05, 3.63) is 35.4 Å². The average Bonchev–Trinajstić information content (AvgIpc) is 2.81. The first-order chi connectivity index (χ1) is 11.2. The highest BCUT2D eigenvalue weighted by molar-refractivity contribution is 6.22. The maximum Gasteiger partial charge on any atom is 0.262 e. The van der Waals surface area contributed by atoms with Gasteiger partial charge in [-0.1, -0.05) is 12.1 Å². The molecular weight excluding hydrogens is 330 g/mol. The standard InChI is InChI=1S/C17H21N3O3.ClH/c21-15(19-9-7-12-4-3-8-18-10-12)11-20-16(22)13-5-1-2-6-14(13)17(20)23;/h1-2,5-6,12,18H,3-4,7-11H2,(H,19,21);1H. The van der Waals surface area contributed by atoms with E-state index < -0.39 is 11.8 Å². The van der Waals surface area contributed by atoms with Crippen LogP contribution in [0.25, 0.3) is 0 Å². The van der Waals surface area contributed by atoms with Crippen molar-refractivity contribution in [2.24, 2.45) is 5.92 Å². The molecule has 0 spiro atoms. The topological polar surface area (TPSA) is 78.5 Å². The van der Waals surface area contributed by atoms with Gasteiger partial charge in [0.15, 0.2) is 0 Å². The normalized spacial score (nSPS) is 19.7. The molecule has 0 radical (unpaired) electrons. The van der Waals surface area contributed by atoms with E-state index in [9.17, 15) is 14.4 Å². The number of fused-ring (bicyclic) bond motifs is 1. The summed E-state index contributed by atoms with van der Waals surface area (Å²) in [6, 6.07) is 6.66. The van der Waals surface area contributed by atoms with E-state index in [0.29, 0.717) is 23.6 Å². The second-order valence-electron chi connectivity index (χ2n) is 6.09. The zero-order valence-electron chi connectivity index (χ0n) is 13.4. The van der Waals surface area contributed by atoms with Crippen molar-refractivity contribution in [3.8, 4) is 0 Å². The van der Waals surface area contributed by atoms with Gasteiger partial charge in [0, 0.05) is 6.54 Å². The summed E-state index contributed by atoms with van der Waals surface area (Å²) in [6.07, 6.45) is 3.27. The number of amides is 3. The molecule has 0 bridgehead atoms. The smallest absolute Gasteiger partial charge is 0.262 e. The molecule has 0 aliphatic carbocycles. The number of hydrogen-bond donors (Lipinski definition) is 2. The Morgan fingerprint density at radius 1 is 1.21 bits per heavy atom. The summed E-state index contributed by atoms with van der Waals surface area (Å²) in [4.78, 5) is 37.4. The van der Waals surface area contributed by atoms with Gasteiger partial charge in [-0.25, -0.2) is 0 Å². The second kappa shape index (κ2) is 8.26. The van der Waals surface area contributed by atoms with Gasteiger partial charge in [-0.05, 0) is 50.4 Å². The summed E-state index contributed by atoms with van der Waals surface area (Å²) in [7, 11) is 0. The largest absolute Gasteiger partial charge is 0.355 e. The summed E-state index contributed by atoms with van der Waals surface area (Å²) in [5.41, 5.74) is 0.747. The number of benzene rings is 1. The molecule has 2 N–H and O–H groups in total. The van der Waals surface area contributed by atoms with Crippen molar-refractivity contribution in [2.75, 3.05) is 26.2 Å². The van der Waals surface area contributed by atoms with E-state index in [4.69, 9.17) is 0 Å². The molecule has 0 saturated carbocycles. The third-order valence-electron chi connectivity index (χ3n) is 4.45. The average molecular weight is 352 g/mol. The molecule has 2 heterocycles. The van der Waals surface area contributed by atoms with E-state index in [1.807, 2.05) is 0 Å². The molecule has 1 aromatic carbocycles. The molecule has 1 atom stereocenters. The van der Waals surface area contributed by atoms with Gasteiger partial charge < -0.3 is 10.6 Å². The third-order valence-corrected chi connectivity index (χ3v) is 4.45. The molecule has 3 rings (SSSR count). The Morgan fingerprint density at radius 3 is 2.46 bits per heavy atom.